The van der Waals surface area contributed by atoms with Crippen LogP contribution in [0, 0.1) is 5.82 Å². The zero-order valence-electron chi connectivity index (χ0n) is 19.4. The largest absolute Gasteiger partial charge is 0.444 e. The number of aliphatic imine (C=N–C) groups is 1. The van der Waals surface area contributed by atoms with Crippen LogP contribution in [0.4, 0.5) is 9.18 Å². The number of nitrogens with zero attached hydrogens (tertiary/aromatic N) is 2. The van der Waals surface area contributed by atoms with E-state index in [4.69, 9.17) is 9.47 Å². The summed E-state index contributed by atoms with van der Waals surface area (Å²) in [4.78, 5) is 18.3. The van der Waals surface area contributed by atoms with Gasteiger partial charge < -0.3 is 25.4 Å². The van der Waals surface area contributed by atoms with Crippen molar-refractivity contribution in [3.05, 3.63) is 35.6 Å². The lowest BCUT2D eigenvalue weighted by molar-refractivity contribution is 0.0170. The fourth-order valence-corrected chi connectivity index (χ4v) is 3.25. The average molecular weight is 565 g/mol. The predicted octanol–water partition coefficient (Wildman–Crippen LogP) is 2.90. The highest BCUT2D eigenvalue weighted by molar-refractivity contribution is 14.0. The zero-order valence-corrected chi connectivity index (χ0v) is 21.8. The van der Waals surface area contributed by atoms with E-state index >= 15 is 0 Å². The number of halogens is 2. The number of hydrogen-bond acceptors (Lipinski definition) is 5. The summed E-state index contributed by atoms with van der Waals surface area (Å²) in [5.74, 6) is 0.438. The summed E-state index contributed by atoms with van der Waals surface area (Å²) in [5, 5.41) is 9.35. The minimum Gasteiger partial charge on any atom is -0.444 e. The molecule has 0 spiro atoms. The maximum Gasteiger partial charge on any atom is 0.407 e. The molecular weight excluding hydrogens is 528 g/mol. The molecule has 1 aliphatic heterocycles. The van der Waals surface area contributed by atoms with Crippen LogP contribution in [0.5, 0.6) is 0 Å². The third-order valence-electron chi connectivity index (χ3n) is 4.74. The van der Waals surface area contributed by atoms with Crippen LogP contribution in [0.25, 0.3) is 0 Å². The first-order valence-corrected chi connectivity index (χ1v) is 10.8. The van der Waals surface area contributed by atoms with Gasteiger partial charge in [-0.25, -0.2) is 9.18 Å². The summed E-state index contributed by atoms with van der Waals surface area (Å²) in [6.07, 6.45) is 0.313. The van der Waals surface area contributed by atoms with Gasteiger partial charge in [-0.05, 0) is 44.9 Å². The average Bonchev–Trinajstić information content (AvgIpc) is 2.73. The molecule has 1 unspecified atom stereocenters. The first-order chi connectivity index (χ1) is 14.8. The van der Waals surface area contributed by atoms with Gasteiger partial charge in [0.05, 0.1) is 19.3 Å². The van der Waals surface area contributed by atoms with Crippen molar-refractivity contribution in [3.8, 4) is 0 Å². The zero-order chi connectivity index (χ0) is 22.7. The number of carbonyl (C=O) groups excluding carboxylic acids is 1. The van der Waals surface area contributed by atoms with Gasteiger partial charge in [0.2, 0.25) is 0 Å². The molecule has 0 aromatic heterocycles. The van der Waals surface area contributed by atoms with Crippen molar-refractivity contribution in [2.24, 2.45) is 4.99 Å². The lowest BCUT2D eigenvalue weighted by atomic mass is 10.0. The van der Waals surface area contributed by atoms with Gasteiger partial charge in [-0.3, -0.25) is 9.89 Å². The number of ether oxygens (including phenoxy) is 2. The summed E-state index contributed by atoms with van der Waals surface area (Å²) < 4.78 is 24.1. The molecule has 0 bridgehead atoms. The van der Waals surface area contributed by atoms with Crippen LogP contribution in [-0.2, 0) is 9.47 Å². The van der Waals surface area contributed by atoms with Gasteiger partial charge in [-0.2, -0.15) is 0 Å². The van der Waals surface area contributed by atoms with Crippen molar-refractivity contribution >= 4 is 36.0 Å². The Hall–Kier alpha value is -1.66. The van der Waals surface area contributed by atoms with E-state index in [1.807, 2.05) is 32.9 Å². The Labute approximate surface area is 207 Å². The minimum absolute atomic E-state index is 0. The molecule has 1 amide bonds. The first kappa shape index (κ1) is 28.4. The maximum absolute atomic E-state index is 13.4. The minimum atomic E-state index is -0.504. The van der Waals surface area contributed by atoms with E-state index in [1.54, 1.807) is 7.05 Å². The summed E-state index contributed by atoms with van der Waals surface area (Å²) in [7, 11) is 1.72. The van der Waals surface area contributed by atoms with Gasteiger partial charge in [0, 0.05) is 39.8 Å². The molecule has 0 aliphatic carbocycles. The monoisotopic (exact) mass is 565 g/mol. The third-order valence-corrected chi connectivity index (χ3v) is 4.74. The van der Waals surface area contributed by atoms with Gasteiger partial charge in [0.15, 0.2) is 5.96 Å². The molecule has 32 heavy (non-hydrogen) atoms. The van der Waals surface area contributed by atoms with E-state index in [0.29, 0.717) is 38.8 Å². The molecule has 2 rings (SSSR count). The van der Waals surface area contributed by atoms with Crippen LogP contribution >= 0.6 is 24.0 Å². The second kappa shape index (κ2) is 14.5. The summed E-state index contributed by atoms with van der Waals surface area (Å²) >= 11 is 0. The Bertz CT molecular complexity index is 707. The lowest BCUT2D eigenvalue weighted by Crippen LogP contribution is -2.46. The molecular formula is C22H37FIN5O3. The highest BCUT2D eigenvalue weighted by atomic mass is 127. The number of guanidine groups is 1. The fourth-order valence-electron chi connectivity index (χ4n) is 3.25. The molecule has 3 N–H and O–H groups in total. The fraction of sp³-hybridized carbons (Fsp3) is 0.636. The Morgan fingerprint density at radius 2 is 1.78 bits per heavy atom. The van der Waals surface area contributed by atoms with Crippen LogP contribution in [0.1, 0.15) is 38.8 Å². The van der Waals surface area contributed by atoms with Crippen LogP contribution in [-0.4, -0.2) is 75.5 Å². The van der Waals surface area contributed by atoms with Crippen molar-refractivity contribution in [1.29, 1.82) is 0 Å². The van der Waals surface area contributed by atoms with Crippen LogP contribution < -0.4 is 16.0 Å². The summed E-state index contributed by atoms with van der Waals surface area (Å²) in [6, 6.07) is 6.73. The topological polar surface area (TPSA) is 87.2 Å². The van der Waals surface area contributed by atoms with Gasteiger partial charge in [0.25, 0.3) is 0 Å². The molecule has 10 heteroatoms. The van der Waals surface area contributed by atoms with Gasteiger partial charge in [0.1, 0.15) is 11.4 Å². The van der Waals surface area contributed by atoms with E-state index in [9.17, 15) is 9.18 Å². The van der Waals surface area contributed by atoms with Crippen molar-refractivity contribution in [3.63, 3.8) is 0 Å². The number of carbonyl (C=O) groups is 1. The number of hydrogen-bond donors (Lipinski definition) is 3. The van der Waals surface area contributed by atoms with E-state index in [0.717, 1.165) is 25.1 Å². The second-order valence-electron chi connectivity index (χ2n) is 8.38. The molecule has 1 aliphatic rings. The molecule has 0 saturated carbocycles. The molecule has 1 fully saturated rings. The molecule has 1 saturated heterocycles. The smallest absolute Gasteiger partial charge is 0.407 e. The van der Waals surface area contributed by atoms with Crippen molar-refractivity contribution < 1.29 is 18.7 Å². The Kier molecular flexibility index (Phi) is 12.8. The number of morpholine rings is 1. The van der Waals surface area contributed by atoms with Crippen LogP contribution in [0.3, 0.4) is 0 Å². The standard InChI is InChI=1S/C22H36FN5O3.HI/c1-22(2,3)31-21(29)26-11-5-10-25-20(24-4)27-16-19(28-12-14-30-15-13-28)17-6-8-18(23)9-7-17;/h6-9,19H,5,10-16H2,1-4H3,(H,26,29)(H2,24,25,27);1H. The van der Waals surface area contributed by atoms with Gasteiger partial charge >= 0.3 is 6.09 Å². The normalized spacial score (nSPS) is 16.0. The van der Waals surface area contributed by atoms with E-state index in [1.165, 1.54) is 12.1 Å². The molecule has 182 valence electrons. The van der Waals surface area contributed by atoms with Crippen molar-refractivity contribution in [1.82, 2.24) is 20.9 Å². The molecule has 1 aromatic rings. The molecule has 1 aromatic carbocycles. The van der Waals surface area contributed by atoms with Crippen molar-refractivity contribution in [2.75, 3.05) is 53.0 Å². The molecule has 1 atom stereocenters. The van der Waals surface area contributed by atoms with Crippen LogP contribution in [0.15, 0.2) is 29.3 Å². The van der Waals surface area contributed by atoms with Crippen LogP contribution in [0.2, 0.25) is 0 Å². The highest BCUT2D eigenvalue weighted by Gasteiger charge is 2.23. The molecule has 1 heterocycles. The second-order valence-corrected chi connectivity index (χ2v) is 8.38. The highest BCUT2D eigenvalue weighted by Crippen LogP contribution is 2.21. The summed E-state index contributed by atoms with van der Waals surface area (Å²) in [6.45, 7) is 10.3. The summed E-state index contributed by atoms with van der Waals surface area (Å²) in [5.41, 5.74) is 0.545. The van der Waals surface area contributed by atoms with E-state index in [2.05, 4.69) is 25.8 Å². The number of rotatable bonds is 8. The first-order valence-electron chi connectivity index (χ1n) is 10.8. The Morgan fingerprint density at radius 1 is 1.16 bits per heavy atom. The number of nitrogens with one attached hydrogen (secondary N) is 3. The Morgan fingerprint density at radius 3 is 2.38 bits per heavy atom. The Balaban J connectivity index is 0.00000512. The quantitative estimate of drug-likeness (QED) is 0.195. The lowest BCUT2D eigenvalue weighted by Gasteiger charge is -2.35. The molecule has 0 radical (unpaired) electrons. The third kappa shape index (κ3) is 10.8. The van der Waals surface area contributed by atoms with Crippen molar-refractivity contribution in [2.45, 2.75) is 38.8 Å². The van der Waals surface area contributed by atoms with Gasteiger partial charge in [-0.1, -0.05) is 12.1 Å². The number of benzene rings is 1. The van der Waals surface area contributed by atoms with E-state index in [-0.39, 0.29) is 35.8 Å². The predicted molar refractivity (Wildman–Crippen MR) is 135 cm³/mol. The SMILES string of the molecule is CN=C(NCCCNC(=O)OC(C)(C)C)NCC(c1ccc(F)cc1)N1CCOCC1.I. The van der Waals surface area contributed by atoms with E-state index < -0.39 is 11.7 Å². The number of amides is 1. The number of alkyl carbamates (subject to hydrolysis) is 1. The maximum atomic E-state index is 13.4. The van der Waals surface area contributed by atoms with Gasteiger partial charge in [-0.15, -0.1) is 24.0 Å². The molecule has 8 nitrogen and oxygen atoms in total.